The lowest BCUT2D eigenvalue weighted by molar-refractivity contribution is -0.127. The Kier molecular flexibility index (Phi) is 8.38. The van der Waals surface area contributed by atoms with Gasteiger partial charge >= 0.3 is 0 Å². The first kappa shape index (κ1) is 22.0. The minimum atomic E-state index is -0.0410. The summed E-state index contributed by atoms with van der Waals surface area (Å²) in [5, 5.41) is 6.73. The van der Waals surface area contributed by atoms with Gasteiger partial charge in [0, 0.05) is 33.6 Å². The predicted octanol–water partition coefficient (Wildman–Crippen LogP) is 2.27. The fourth-order valence-electron chi connectivity index (χ4n) is 3.54. The van der Waals surface area contributed by atoms with Crippen molar-refractivity contribution >= 4 is 11.9 Å². The summed E-state index contributed by atoms with van der Waals surface area (Å²) in [7, 11) is 3.47. The lowest BCUT2D eigenvalue weighted by atomic mass is 10.1. The number of hydrogen-bond acceptors (Lipinski definition) is 5. The van der Waals surface area contributed by atoms with Crippen molar-refractivity contribution < 1.29 is 13.6 Å². The Labute approximate surface area is 178 Å². The Bertz CT molecular complexity index is 765. The number of furan rings is 2. The molecule has 1 amide bonds. The van der Waals surface area contributed by atoms with Gasteiger partial charge in [-0.25, -0.2) is 4.99 Å². The van der Waals surface area contributed by atoms with Crippen LogP contribution < -0.4 is 10.6 Å². The second kappa shape index (κ2) is 11.4. The van der Waals surface area contributed by atoms with Gasteiger partial charge in [-0.2, -0.15) is 0 Å². The van der Waals surface area contributed by atoms with E-state index in [1.54, 1.807) is 31.5 Å². The monoisotopic (exact) mass is 415 g/mol. The molecular weight excluding hydrogens is 382 g/mol. The lowest BCUT2D eigenvalue weighted by Crippen LogP contribution is -2.45. The van der Waals surface area contributed by atoms with Gasteiger partial charge in [0.15, 0.2) is 5.96 Å². The van der Waals surface area contributed by atoms with Gasteiger partial charge in [-0.15, -0.1) is 0 Å². The summed E-state index contributed by atoms with van der Waals surface area (Å²) in [6, 6.07) is 7.91. The average Bonchev–Trinajstić information content (AvgIpc) is 3.46. The third-order valence-electron chi connectivity index (χ3n) is 5.28. The molecule has 1 saturated heterocycles. The highest BCUT2D eigenvalue weighted by molar-refractivity contribution is 5.84. The first-order valence-electron chi connectivity index (χ1n) is 10.7. The molecule has 164 valence electrons. The van der Waals surface area contributed by atoms with Gasteiger partial charge in [0.05, 0.1) is 18.6 Å². The van der Waals surface area contributed by atoms with Gasteiger partial charge in [-0.1, -0.05) is 6.42 Å². The highest BCUT2D eigenvalue weighted by Gasteiger charge is 2.24. The molecule has 8 nitrogen and oxygen atoms in total. The number of nitrogens with one attached hydrogen (secondary N) is 2. The SMILES string of the molecule is CN(C)C(=O)CN=C(NCCc1ccco1)NCC(c1ccco1)N1CCCCC1. The molecule has 30 heavy (non-hydrogen) atoms. The number of aliphatic imine (C=N–C) groups is 1. The second-order valence-corrected chi connectivity index (χ2v) is 7.72. The van der Waals surface area contributed by atoms with E-state index in [0.29, 0.717) is 19.0 Å². The van der Waals surface area contributed by atoms with Crippen LogP contribution in [0.5, 0.6) is 0 Å². The zero-order valence-corrected chi connectivity index (χ0v) is 18.0. The van der Waals surface area contributed by atoms with Gasteiger partial charge in [0.1, 0.15) is 18.1 Å². The third-order valence-corrected chi connectivity index (χ3v) is 5.28. The maximum absolute atomic E-state index is 12.0. The van der Waals surface area contributed by atoms with Crippen molar-refractivity contribution in [1.29, 1.82) is 0 Å². The van der Waals surface area contributed by atoms with Crippen LogP contribution in [-0.2, 0) is 11.2 Å². The molecule has 1 atom stereocenters. The summed E-state index contributed by atoms with van der Waals surface area (Å²) in [6.07, 6.45) is 7.82. The number of carbonyl (C=O) groups excluding carboxylic acids is 1. The van der Waals surface area contributed by atoms with E-state index in [-0.39, 0.29) is 18.5 Å². The predicted molar refractivity (Wildman–Crippen MR) is 116 cm³/mol. The van der Waals surface area contributed by atoms with Crippen molar-refractivity contribution in [3.05, 3.63) is 48.3 Å². The molecule has 0 saturated carbocycles. The summed E-state index contributed by atoms with van der Waals surface area (Å²) in [5.41, 5.74) is 0. The van der Waals surface area contributed by atoms with Crippen LogP contribution in [0.4, 0.5) is 0 Å². The lowest BCUT2D eigenvalue weighted by Gasteiger charge is -2.33. The van der Waals surface area contributed by atoms with E-state index in [0.717, 1.165) is 31.0 Å². The standard InChI is InChI=1S/C22H33N5O3/c1-26(2)21(28)17-25-22(23-11-10-18-8-6-14-29-18)24-16-19(20-9-7-15-30-20)27-12-4-3-5-13-27/h6-9,14-15,19H,3-5,10-13,16-17H2,1-2H3,(H2,23,24,25). The number of likely N-dealkylation sites (tertiary alicyclic amines) is 1. The van der Waals surface area contributed by atoms with E-state index >= 15 is 0 Å². The zero-order valence-electron chi connectivity index (χ0n) is 18.0. The van der Waals surface area contributed by atoms with Gasteiger partial charge in [0.25, 0.3) is 0 Å². The summed E-state index contributed by atoms with van der Waals surface area (Å²) >= 11 is 0. The van der Waals surface area contributed by atoms with Crippen molar-refractivity contribution in [2.24, 2.45) is 4.99 Å². The number of rotatable bonds is 9. The van der Waals surface area contributed by atoms with E-state index < -0.39 is 0 Å². The molecule has 1 aliphatic rings. The smallest absolute Gasteiger partial charge is 0.243 e. The quantitative estimate of drug-likeness (QED) is 0.483. The van der Waals surface area contributed by atoms with Crippen LogP contribution in [0, 0.1) is 0 Å². The average molecular weight is 416 g/mol. The molecule has 0 bridgehead atoms. The first-order chi connectivity index (χ1) is 14.6. The first-order valence-corrected chi connectivity index (χ1v) is 10.7. The third kappa shape index (κ3) is 6.66. The van der Waals surface area contributed by atoms with E-state index in [1.165, 1.54) is 19.3 Å². The Balaban J connectivity index is 1.62. The summed E-state index contributed by atoms with van der Waals surface area (Å²) in [5.74, 6) is 2.43. The Hall–Kier alpha value is -2.74. The largest absolute Gasteiger partial charge is 0.469 e. The fourth-order valence-corrected chi connectivity index (χ4v) is 3.54. The molecule has 0 spiro atoms. The van der Waals surface area contributed by atoms with Crippen LogP contribution in [0.3, 0.4) is 0 Å². The molecule has 0 radical (unpaired) electrons. The number of carbonyl (C=O) groups is 1. The van der Waals surface area contributed by atoms with Crippen LogP contribution >= 0.6 is 0 Å². The highest BCUT2D eigenvalue weighted by atomic mass is 16.3. The normalized spacial score (nSPS) is 16.3. The van der Waals surface area contributed by atoms with Crippen molar-refractivity contribution in [2.75, 3.05) is 46.8 Å². The van der Waals surface area contributed by atoms with Crippen molar-refractivity contribution in [1.82, 2.24) is 20.4 Å². The molecule has 1 aliphatic heterocycles. The summed E-state index contributed by atoms with van der Waals surface area (Å²) < 4.78 is 11.1. The minimum Gasteiger partial charge on any atom is -0.469 e. The van der Waals surface area contributed by atoms with E-state index in [1.807, 2.05) is 24.3 Å². The second-order valence-electron chi connectivity index (χ2n) is 7.72. The zero-order chi connectivity index (χ0) is 21.2. The van der Waals surface area contributed by atoms with Gasteiger partial charge < -0.3 is 24.4 Å². The van der Waals surface area contributed by atoms with Crippen LogP contribution in [0.15, 0.2) is 50.6 Å². The highest BCUT2D eigenvalue weighted by Crippen LogP contribution is 2.24. The molecule has 1 fully saturated rings. The maximum Gasteiger partial charge on any atom is 0.243 e. The molecule has 2 N–H and O–H groups in total. The molecule has 3 rings (SSSR count). The summed E-state index contributed by atoms with van der Waals surface area (Å²) in [6.45, 7) is 3.52. The topological polar surface area (TPSA) is 86.2 Å². The van der Waals surface area contributed by atoms with E-state index in [9.17, 15) is 4.79 Å². The molecular formula is C22H33N5O3. The minimum absolute atomic E-state index is 0.0410. The van der Waals surface area contributed by atoms with Crippen LogP contribution in [0.2, 0.25) is 0 Å². The van der Waals surface area contributed by atoms with Crippen molar-refractivity contribution in [2.45, 2.75) is 31.7 Å². The number of piperidine rings is 1. The number of likely N-dealkylation sites (N-methyl/N-ethyl adjacent to an activating group) is 1. The van der Waals surface area contributed by atoms with Crippen LogP contribution in [0.25, 0.3) is 0 Å². The van der Waals surface area contributed by atoms with Crippen LogP contribution in [-0.4, -0.2) is 68.5 Å². The Morgan fingerprint density at radius 1 is 1.13 bits per heavy atom. The molecule has 2 aromatic heterocycles. The van der Waals surface area contributed by atoms with Crippen molar-refractivity contribution in [3.8, 4) is 0 Å². The maximum atomic E-state index is 12.0. The number of nitrogens with zero attached hydrogens (tertiary/aromatic N) is 3. The van der Waals surface area contributed by atoms with Gasteiger partial charge in [-0.05, 0) is 50.2 Å². The van der Waals surface area contributed by atoms with Gasteiger partial charge in [-0.3, -0.25) is 9.69 Å². The van der Waals surface area contributed by atoms with Crippen LogP contribution in [0.1, 0.15) is 36.8 Å². The van der Waals surface area contributed by atoms with Gasteiger partial charge in [0.2, 0.25) is 5.91 Å². The van der Waals surface area contributed by atoms with E-state index in [4.69, 9.17) is 8.83 Å². The molecule has 0 aliphatic carbocycles. The van der Waals surface area contributed by atoms with E-state index in [2.05, 4.69) is 20.5 Å². The fraction of sp³-hybridized carbons (Fsp3) is 0.545. The molecule has 1 unspecified atom stereocenters. The molecule has 0 aromatic carbocycles. The number of hydrogen-bond donors (Lipinski definition) is 2. The molecule has 3 heterocycles. The number of guanidine groups is 1. The molecule has 2 aromatic rings. The Morgan fingerprint density at radius 3 is 2.57 bits per heavy atom. The molecule has 8 heteroatoms. The Morgan fingerprint density at radius 2 is 1.90 bits per heavy atom. The summed E-state index contributed by atoms with van der Waals surface area (Å²) in [4.78, 5) is 20.5. The number of amides is 1. The van der Waals surface area contributed by atoms with Crippen molar-refractivity contribution in [3.63, 3.8) is 0 Å².